The van der Waals surface area contributed by atoms with Crippen molar-refractivity contribution >= 4 is 0 Å². The molecular formula is C10H22N2O. The van der Waals surface area contributed by atoms with Crippen LogP contribution in [-0.4, -0.2) is 51.3 Å². The van der Waals surface area contributed by atoms with E-state index in [2.05, 4.69) is 10.2 Å². The van der Waals surface area contributed by atoms with Gasteiger partial charge in [0, 0.05) is 19.7 Å². The van der Waals surface area contributed by atoms with Gasteiger partial charge in [0.25, 0.3) is 0 Å². The third-order valence-electron chi connectivity index (χ3n) is 2.46. The predicted molar refractivity (Wildman–Crippen MR) is 55.0 cm³/mol. The van der Waals surface area contributed by atoms with Crippen molar-refractivity contribution in [1.82, 2.24) is 10.2 Å². The highest BCUT2D eigenvalue weighted by Crippen LogP contribution is 2.06. The lowest BCUT2D eigenvalue weighted by Crippen LogP contribution is -2.22. The molecule has 1 fully saturated rings. The normalized spacial score (nSPS) is 18.2. The Bertz CT molecular complexity index is 113. The van der Waals surface area contributed by atoms with Crippen molar-refractivity contribution < 1.29 is 4.74 Å². The van der Waals surface area contributed by atoms with Crippen LogP contribution in [-0.2, 0) is 4.74 Å². The number of nitrogens with zero attached hydrogens (tertiary/aromatic N) is 1. The number of rotatable bonds is 7. The Balaban J connectivity index is 1.78. The third kappa shape index (κ3) is 5.24. The molecule has 1 heterocycles. The Morgan fingerprint density at radius 3 is 2.69 bits per heavy atom. The summed E-state index contributed by atoms with van der Waals surface area (Å²) in [5.41, 5.74) is 0. The van der Waals surface area contributed by atoms with E-state index in [4.69, 9.17) is 4.74 Å². The second-order valence-corrected chi connectivity index (χ2v) is 3.62. The highest BCUT2D eigenvalue weighted by atomic mass is 16.5. The first kappa shape index (κ1) is 11.0. The molecule has 0 aliphatic carbocycles. The van der Waals surface area contributed by atoms with E-state index < -0.39 is 0 Å². The minimum Gasteiger partial charge on any atom is -0.380 e. The van der Waals surface area contributed by atoms with Crippen molar-refractivity contribution in [2.75, 3.05) is 46.4 Å². The second kappa shape index (κ2) is 7.30. The molecular weight excluding hydrogens is 164 g/mol. The molecule has 13 heavy (non-hydrogen) atoms. The van der Waals surface area contributed by atoms with Crippen molar-refractivity contribution in [3.8, 4) is 0 Å². The summed E-state index contributed by atoms with van der Waals surface area (Å²) in [7, 11) is 1.95. The fraction of sp³-hybridized carbons (Fsp3) is 1.00. The Morgan fingerprint density at radius 2 is 2.00 bits per heavy atom. The first-order valence-corrected chi connectivity index (χ1v) is 5.38. The van der Waals surface area contributed by atoms with Gasteiger partial charge in [-0.3, -0.25) is 0 Å². The van der Waals surface area contributed by atoms with E-state index in [1.165, 1.54) is 38.9 Å². The molecule has 0 bridgehead atoms. The number of hydrogen-bond donors (Lipinski definition) is 1. The molecule has 0 atom stereocenters. The third-order valence-corrected chi connectivity index (χ3v) is 2.46. The van der Waals surface area contributed by atoms with Crippen LogP contribution in [0, 0.1) is 0 Å². The van der Waals surface area contributed by atoms with E-state index in [1.54, 1.807) is 0 Å². The molecule has 3 heteroatoms. The van der Waals surface area contributed by atoms with Crippen LogP contribution in [0.5, 0.6) is 0 Å². The van der Waals surface area contributed by atoms with Gasteiger partial charge in [0.2, 0.25) is 0 Å². The molecule has 0 amide bonds. The molecule has 0 saturated carbocycles. The molecule has 1 saturated heterocycles. The van der Waals surface area contributed by atoms with Gasteiger partial charge < -0.3 is 15.0 Å². The number of nitrogens with one attached hydrogen (secondary N) is 1. The molecule has 0 spiro atoms. The van der Waals surface area contributed by atoms with Crippen molar-refractivity contribution in [1.29, 1.82) is 0 Å². The van der Waals surface area contributed by atoms with Crippen molar-refractivity contribution in [3.05, 3.63) is 0 Å². The Hall–Kier alpha value is -0.120. The highest BCUT2D eigenvalue weighted by molar-refractivity contribution is 4.65. The molecule has 0 aromatic heterocycles. The molecule has 1 rings (SSSR count). The van der Waals surface area contributed by atoms with E-state index in [9.17, 15) is 0 Å². The molecule has 1 aliphatic rings. The van der Waals surface area contributed by atoms with Gasteiger partial charge in [0.15, 0.2) is 0 Å². The van der Waals surface area contributed by atoms with Crippen LogP contribution in [0.25, 0.3) is 0 Å². The zero-order chi connectivity index (χ0) is 9.36. The van der Waals surface area contributed by atoms with Crippen LogP contribution in [0.1, 0.15) is 19.3 Å². The quantitative estimate of drug-likeness (QED) is 0.593. The number of likely N-dealkylation sites (tertiary alicyclic amines) is 1. The monoisotopic (exact) mass is 186 g/mol. The molecule has 0 aromatic rings. The van der Waals surface area contributed by atoms with Crippen LogP contribution in [0.15, 0.2) is 0 Å². The van der Waals surface area contributed by atoms with E-state index in [0.29, 0.717) is 0 Å². The molecule has 3 nitrogen and oxygen atoms in total. The van der Waals surface area contributed by atoms with Gasteiger partial charge in [0.05, 0.1) is 6.61 Å². The molecule has 78 valence electrons. The van der Waals surface area contributed by atoms with Crippen molar-refractivity contribution in [2.45, 2.75) is 19.3 Å². The Morgan fingerprint density at radius 1 is 1.23 bits per heavy atom. The lowest BCUT2D eigenvalue weighted by molar-refractivity contribution is 0.126. The molecule has 1 N–H and O–H groups in total. The zero-order valence-corrected chi connectivity index (χ0v) is 8.72. The van der Waals surface area contributed by atoms with Gasteiger partial charge in [-0.2, -0.15) is 0 Å². The molecule has 0 unspecified atom stereocenters. The van der Waals surface area contributed by atoms with Crippen LogP contribution >= 0.6 is 0 Å². The standard InChI is InChI=1S/C10H22N2O/c1-11-5-10-13-9-4-8-12-6-2-3-7-12/h11H,2-10H2,1H3. The first-order chi connectivity index (χ1) is 6.43. The van der Waals surface area contributed by atoms with Gasteiger partial charge in [-0.1, -0.05) is 0 Å². The topological polar surface area (TPSA) is 24.5 Å². The van der Waals surface area contributed by atoms with Gasteiger partial charge in [-0.05, 0) is 39.4 Å². The summed E-state index contributed by atoms with van der Waals surface area (Å²) in [4.78, 5) is 2.53. The maximum absolute atomic E-state index is 5.44. The minimum absolute atomic E-state index is 0.844. The second-order valence-electron chi connectivity index (χ2n) is 3.62. The lowest BCUT2D eigenvalue weighted by Gasteiger charge is -2.13. The summed E-state index contributed by atoms with van der Waals surface area (Å²) in [5, 5.41) is 3.06. The summed E-state index contributed by atoms with van der Waals surface area (Å²) in [5.74, 6) is 0. The van der Waals surface area contributed by atoms with E-state index in [1.807, 2.05) is 7.05 Å². The van der Waals surface area contributed by atoms with Gasteiger partial charge in [-0.15, -0.1) is 0 Å². The van der Waals surface area contributed by atoms with Gasteiger partial charge in [-0.25, -0.2) is 0 Å². The maximum atomic E-state index is 5.44. The van der Waals surface area contributed by atoms with E-state index in [0.717, 1.165) is 19.8 Å². The Labute approximate surface area is 81.4 Å². The van der Waals surface area contributed by atoms with Crippen LogP contribution in [0.3, 0.4) is 0 Å². The predicted octanol–water partition coefficient (Wildman–Crippen LogP) is 0.708. The molecule has 1 aliphatic heterocycles. The highest BCUT2D eigenvalue weighted by Gasteiger charge is 2.09. The summed E-state index contributed by atoms with van der Waals surface area (Å²) in [6.45, 7) is 6.55. The summed E-state index contributed by atoms with van der Waals surface area (Å²) in [6.07, 6.45) is 3.96. The van der Waals surface area contributed by atoms with E-state index in [-0.39, 0.29) is 0 Å². The number of likely N-dealkylation sites (N-methyl/N-ethyl adjacent to an activating group) is 1. The first-order valence-electron chi connectivity index (χ1n) is 5.38. The molecule has 0 radical (unpaired) electrons. The largest absolute Gasteiger partial charge is 0.380 e. The summed E-state index contributed by atoms with van der Waals surface area (Å²) < 4.78 is 5.44. The van der Waals surface area contributed by atoms with Crippen molar-refractivity contribution in [2.24, 2.45) is 0 Å². The number of hydrogen-bond acceptors (Lipinski definition) is 3. The average molecular weight is 186 g/mol. The summed E-state index contributed by atoms with van der Waals surface area (Å²) in [6, 6.07) is 0. The van der Waals surface area contributed by atoms with Gasteiger partial charge >= 0.3 is 0 Å². The van der Waals surface area contributed by atoms with Crippen LogP contribution in [0.2, 0.25) is 0 Å². The SMILES string of the molecule is CNCCOCCCN1CCCC1. The number of ether oxygens (including phenoxy) is 1. The maximum Gasteiger partial charge on any atom is 0.0590 e. The average Bonchev–Trinajstić information content (AvgIpc) is 2.63. The Kier molecular flexibility index (Phi) is 6.15. The van der Waals surface area contributed by atoms with E-state index >= 15 is 0 Å². The fourth-order valence-corrected chi connectivity index (χ4v) is 1.67. The van der Waals surface area contributed by atoms with Crippen LogP contribution in [0.4, 0.5) is 0 Å². The smallest absolute Gasteiger partial charge is 0.0590 e. The minimum atomic E-state index is 0.844. The summed E-state index contributed by atoms with van der Waals surface area (Å²) >= 11 is 0. The van der Waals surface area contributed by atoms with Crippen molar-refractivity contribution in [3.63, 3.8) is 0 Å². The zero-order valence-electron chi connectivity index (χ0n) is 8.72. The molecule has 0 aromatic carbocycles. The van der Waals surface area contributed by atoms with Gasteiger partial charge in [0.1, 0.15) is 0 Å². The van der Waals surface area contributed by atoms with Crippen LogP contribution < -0.4 is 5.32 Å². The fourth-order valence-electron chi connectivity index (χ4n) is 1.67. The lowest BCUT2D eigenvalue weighted by atomic mass is 10.4.